The van der Waals surface area contributed by atoms with E-state index in [9.17, 15) is 4.79 Å². The number of hydrogen-bond acceptors (Lipinski definition) is 4. The molecule has 176 valence electrons. The number of amides is 1. The molecule has 1 amide bonds. The van der Waals surface area contributed by atoms with Gasteiger partial charge in [-0.25, -0.2) is 4.98 Å². The summed E-state index contributed by atoms with van der Waals surface area (Å²) < 4.78 is 13.5. The highest BCUT2D eigenvalue weighted by molar-refractivity contribution is 5.94. The van der Waals surface area contributed by atoms with Crippen LogP contribution in [0.2, 0.25) is 0 Å². The second-order valence-corrected chi connectivity index (χ2v) is 8.38. The predicted octanol–water partition coefficient (Wildman–Crippen LogP) is 5.10. The molecule has 0 fully saturated rings. The second kappa shape index (κ2) is 10.9. The van der Waals surface area contributed by atoms with Gasteiger partial charge in [0, 0.05) is 25.1 Å². The van der Waals surface area contributed by atoms with E-state index in [-0.39, 0.29) is 5.91 Å². The quantitative estimate of drug-likeness (QED) is 0.336. The van der Waals surface area contributed by atoms with E-state index >= 15 is 0 Å². The number of nitrogens with zero attached hydrogens (tertiary/aromatic N) is 2. The van der Waals surface area contributed by atoms with Gasteiger partial charge in [-0.05, 0) is 67.8 Å². The summed E-state index contributed by atoms with van der Waals surface area (Å²) in [4.78, 5) is 17.4. The average Bonchev–Trinajstić information content (AvgIpc) is 3.21. The standard InChI is InChI=1S/C28H31N3O3/c1-20-12-13-21(2)26(18-20)34-17-7-16-31-25-11-5-4-10-24(25)30-27(31)14-15-29-28(32)22-8-6-9-23(19-22)33-3/h4-6,8-13,18-19H,7,14-17H2,1-3H3,(H,29,32). The van der Waals surface area contributed by atoms with Crippen molar-refractivity contribution in [2.45, 2.75) is 33.2 Å². The van der Waals surface area contributed by atoms with E-state index in [1.807, 2.05) is 30.3 Å². The fourth-order valence-electron chi connectivity index (χ4n) is 3.99. The molecule has 0 saturated carbocycles. The van der Waals surface area contributed by atoms with Crippen LogP contribution in [-0.2, 0) is 13.0 Å². The molecular weight excluding hydrogens is 426 g/mol. The molecule has 6 heteroatoms. The Hall–Kier alpha value is -3.80. The zero-order chi connectivity index (χ0) is 23.9. The van der Waals surface area contributed by atoms with Crippen molar-refractivity contribution >= 4 is 16.9 Å². The van der Waals surface area contributed by atoms with E-state index in [4.69, 9.17) is 14.5 Å². The Morgan fingerprint density at radius 3 is 2.74 bits per heavy atom. The zero-order valence-electron chi connectivity index (χ0n) is 20.0. The van der Waals surface area contributed by atoms with Crippen LogP contribution in [0.4, 0.5) is 0 Å². The molecule has 0 radical (unpaired) electrons. The number of nitrogens with one attached hydrogen (secondary N) is 1. The summed E-state index contributed by atoms with van der Waals surface area (Å²) >= 11 is 0. The van der Waals surface area contributed by atoms with Crippen LogP contribution < -0.4 is 14.8 Å². The molecule has 34 heavy (non-hydrogen) atoms. The van der Waals surface area contributed by atoms with Crippen LogP contribution in [0.15, 0.2) is 66.7 Å². The van der Waals surface area contributed by atoms with Gasteiger partial charge in [-0.1, -0.05) is 30.3 Å². The lowest BCUT2D eigenvalue weighted by Crippen LogP contribution is -2.26. The summed E-state index contributed by atoms with van der Waals surface area (Å²) in [5, 5.41) is 3.00. The van der Waals surface area contributed by atoms with Gasteiger partial charge in [-0.2, -0.15) is 0 Å². The van der Waals surface area contributed by atoms with Crippen LogP contribution in [0, 0.1) is 13.8 Å². The number of hydrogen-bond donors (Lipinski definition) is 1. The molecule has 4 aromatic rings. The van der Waals surface area contributed by atoms with Crippen molar-refractivity contribution in [3.8, 4) is 11.5 Å². The number of aromatic nitrogens is 2. The van der Waals surface area contributed by atoms with Gasteiger partial charge in [0.15, 0.2) is 0 Å². The number of aryl methyl sites for hydroxylation is 3. The fraction of sp³-hybridized carbons (Fsp3) is 0.286. The van der Waals surface area contributed by atoms with Crippen LogP contribution in [0.5, 0.6) is 11.5 Å². The van der Waals surface area contributed by atoms with Crippen molar-refractivity contribution < 1.29 is 14.3 Å². The Labute approximate surface area is 200 Å². The number of ether oxygens (including phenoxy) is 2. The summed E-state index contributed by atoms with van der Waals surface area (Å²) in [5.41, 5.74) is 4.98. The molecule has 1 heterocycles. The Balaban J connectivity index is 1.38. The summed E-state index contributed by atoms with van der Waals surface area (Å²) in [6.07, 6.45) is 1.50. The third-order valence-corrected chi connectivity index (χ3v) is 5.83. The normalized spacial score (nSPS) is 10.9. The minimum absolute atomic E-state index is 0.122. The lowest BCUT2D eigenvalue weighted by molar-refractivity contribution is 0.0953. The van der Waals surface area contributed by atoms with Crippen LogP contribution in [-0.4, -0.2) is 35.7 Å². The first kappa shape index (κ1) is 23.4. The first-order valence-electron chi connectivity index (χ1n) is 11.6. The third-order valence-electron chi connectivity index (χ3n) is 5.83. The highest BCUT2D eigenvalue weighted by Gasteiger charge is 2.12. The molecule has 1 N–H and O–H groups in total. The number of imidazole rings is 1. The highest BCUT2D eigenvalue weighted by Crippen LogP contribution is 2.20. The van der Waals surface area contributed by atoms with Crippen molar-refractivity contribution in [3.63, 3.8) is 0 Å². The second-order valence-electron chi connectivity index (χ2n) is 8.38. The van der Waals surface area contributed by atoms with Gasteiger partial charge in [-0.15, -0.1) is 0 Å². The summed E-state index contributed by atoms with van der Waals surface area (Å²) in [7, 11) is 1.59. The Bertz CT molecular complexity index is 1280. The van der Waals surface area contributed by atoms with Gasteiger partial charge >= 0.3 is 0 Å². The molecule has 4 rings (SSSR count). The van der Waals surface area contributed by atoms with E-state index in [0.29, 0.717) is 30.9 Å². The van der Waals surface area contributed by atoms with Gasteiger partial charge in [-0.3, -0.25) is 4.79 Å². The molecular formula is C28H31N3O3. The Morgan fingerprint density at radius 1 is 1.03 bits per heavy atom. The van der Waals surface area contributed by atoms with Crippen molar-refractivity contribution in [2.24, 2.45) is 0 Å². The van der Waals surface area contributed by atoms with Gasteiger partial charge in [0.2, 0.25) is 0 Å². The van der Waals surface area contributed by atoms with E-state index in [0.717, 1.165) is 41.1 Å². The smallest absolute Gasteiger partial charge is 0.251 e. The SMILES string of the molecule is COc1cccc(C(=O)NCCc2nc3ccccc3n2CCCOc2cc(C)ccc2C)c1. The molecule has 1 aromatic heterocycles. The van der Waals surface area contributed by atoms with E-state index in [1.165, 1.54) is 5.56 Å². The van der Waals surface area contributed by atoms with Crippen LogP contribution in [0.3, 0.4) is 0 Å². The molecule has 0 spiro atoms. The predicted molar refractivity (Wildman–Crippen MR) is 135 cm³/mol. The zero-order valence-corrected chi connectivity index (χ0v) is 20.0. The number of rotatable bonds is 10. The molecule has 6 nitrogen and oxygen atoms in total. The van der Waals surface area contributed by atoms with Crippen molar-refractivity contribution in [1.29, 1.82) is 0 Å². The monoisotopic (exact) mass is 457 g/mol. The number of carbonyl (C=O) groups is 1. The lowest BCUT2D eigenvalue weighted by atomic mass is 10.1. The third kappa shape index (κ3) is 5.57. The topological polar surface area (TPSA) is 65.4 Å². The molecule has 0 aliphatic rings. The average molecular weight is 458 g/mol. The summed E-state index contributed by atoms with van der Waals surface area (Å²) in [5.74, 6) is 2.44. The van der Waals surface area contributed by atoms with Crippen molar-refractivity contribution in [3.05, 3.63) is 89.2 Å². The Morgan fingerprint density at radius 2 is 1.88 bits per heavy atom. The Kier molecular flexibility index (Phi) is 7.48. The van der Waals surface area contributed by atoms with Crippen LogP contribution in [0.1, 0.15) is 33.7 Å². The minimum Gasteiger partial charge on any atom is -0.497 e. The van der Waals surface area contributed by atoms with Crippen molar-refractivity contribution in [2.75, 3.05) is 20.3 Å². The van der Waals surface area contributed by atoms with Crippen LogP contribution in [0.25, 0.3) is 11.0 Å². The summed E-state index contributed by atoms with van der Waals surface area (Å²) in [6, 6.07) is 21.6. The highest BCUT2D eigenvalue weighted by atomic mass is 16.5. The molecule has 0 saturated heterocycles. The van der Waals surface area contributed by atoms with Gasteiger partial charge in [0.25, 0.3) is 5.91 Å². The lowest BCUT2D eigenvalue weighted by Gasteiger charge is -2.12. The molecule has 0 bridgehead atoms. The number of para-hydroxylation sites is 2. The van der Waals surface area contributed by atoms with E-state index in [2.05, 4.69) is 48.0 Å². The maximum absolute atomic E-state index is 12.5. The van der Waals surface area contributed by atoms with Gasteiger partial charge in [0.05, 0.1) is 24.8 Å². The molecule has 0 aliphatic carbocycles. The number of benzene rings is 3. The fourth-order valence-corrected chi connectivity index (χ4v) is 3.99. The molecule has 0 unspecified atom stereocenters. The number of fused-ring (bicyclic) bond motifs is 1. The molecule has 0 atom stereocenters. The molecule has 3 aromatic carbocycles. The van der Waals surface area contributed by atoms with Gasteiger partial charge < -0.3 is 19.4 Å². The van der Waals surface area contributed by atoms with Crippen LogP contribution >= 0.6 is 0 Å². The number of methoxy groups -OCH3 is 1. The first-order chi connectivity index (χ1) is 16.5. The maximum Gasteiger partial charge on any atom is 0.251 e. The number of carbonyl (C=O) groups excluding carboxylic acids is 1. The summed E-state index contributed by atoms with van der Waals surface area (Å²) in [6.45, 7) is 6.06. The maximum atomic E-state index is 12.5. The molecule has 0 aliphatic heterocycles. The van der Waals surface area contributed by atoms with Crippen molar-refractivity contribution in [1.82, 2.24) is 14.9 Å². The van der Waals surface area contributed by atoms with Gasteiger partial charge in [0.1, 0.15) is 17.3 Å². The first-order valence-corrected chi connectivity index (χ1v) is 11.6. The van der Waals surface area contributed by atoms with E-state index < -0.39 is 0 Å². The minimum atomic E-state index is -0.122. The largest absolute Gasteiger partial charge is 0.497 e. The van der Waals surface area contributed by atoms with E-state index in [1.54, 1.807) is 19.2 Å².